The number of likely N-dealkylation sites (tertiary alicyclic amines) is 1. The fourth-order valence-corrected chi connectivity index (χ4v) is 3.57. The van der Waals surface area contributed by atoms with Crippen LogP contribution in [0.1, 0.15) is 45.3 Å². The summed E-state index contributed by atoms with van der Waals surface area (Å²) in [5, 5.41) is 6.98. The third kappa shape index (κ3) is 3.14. The molecular weight excluding hydrogens is 344 g/mol. The van der Waals surface area contributed by atoms with Gasteiger partial charge in [0.15, 0.2) is 5.65 Å². The zero-order chi connectivity index (χ0) is 18.8. The number of hydrogen-bond acceptors (Lipinski definition) is 5. The van der Waals surface area contributed by atoms with Crippen molar-refractivity contribution in [1.82, 2.24) is 29.8 Å². The van der Waals surface area contributed by atoms with Crippen molar-refractivity contribution < 1.29 is 9.59 Å². The molecule has 1 N–H and O–H groups in total. The highest BCUT2D eigenvalue weighted by Crippen LogP contribution is 2.28. The fourth-order valence-electron chi connectivity index (χ4n) is 3.57. The molecule has 1 aliphatic heterocycles. The van der Waals surface area contributed by atoms with Gasteiger partial charge in [-0.2, -0.15) is 5.10 Å². The molecule has 8 nitrogen and oxygen atoms in total. The SMILES string of the molecule is CNC(=O)c1cnn2c([C@@H]3CCCN(C(=O)c4ccccn4)C3)ccnc12. The molecular formula is C19H20N6O2. The second-order valence-electron chi connectivity index (χ2n) is 6.55. The van der Waals surface area contributed by atoms with Crippen molar-refractivity contribution in [1.29, 1.82) is 0 Å². The highest BCUT2D eigenvalue weighted by atomic mass is 16.2. The summed E-state index contributed by atoms with van der Waals surface area (Å²) in [5.74, 6) is -0.156. The van der Waals surface area contributed by atoms with E-state index in [1.165, 1.54) is 6.20 Å². The first-order chi connectivity index (χ1) is 13.2. The summed E-state index contributed by atoms with van der Waals surface area (Å²) in [7, 11) is 1.58. The Morgan fingerprint density at radius 1 is 1.19 bits per heavy atom. The highest BCUT2D eigenvalue weighted by Gasteiger charge is 2.28. The molecule has 8 heteroatoms. The van der Waals surface area contributed by atoms with Crippen molar-refractivity contribution in [3.05, 3.63) is 59.8 Å². The second kappa shape index (κ2) is 7.14. The van der Waals surface area contributed by atoms with Gasteiger partial charge >= 0.3 is 0 Å². The Kier molecular flexibility index (Phi) is 4.53. The summed E-state index contributed by atoms with van der Waals surface area (Å²) < 4.78 is 1.71. The topological polar surface area (TPSA) is 92.5 Å². The first kappa shape index (κ1) is 17.1. The smallest absolute Gasteiger partial charge is 0.272 e. The summed E-state index contributed by atoms with van der Waals surface area (Å²) >= 11 is 0. The number of piperidine rings is 1. The maximum Gasteiger partial charge on any atom is 0.272 e. The van der Waals surface area contributed by atoms with Crippen LogP contribution >= 0.6 is 0 Å². The van der Waals surface area contributed by atoms with Gasteiger partial charge in [0.2, 0.25) is 0 Å². The molecule has 0 spiro atoms. The van der Waals surface area contributed by atoms with E-state index in [0.29, 0.717) is 30.0 Å². The molecule has 2 amide bonds. The number of aromatic nitrogens is 4. The van der Waals surface area contributed by atoms with E-state index in [1.807, 2.05) is 17.0 Å². The molecule has 1 saturated heterocycles. The van der Waals surface area contributed by atoms with Crippen molar-refractivity contribution >= 4 is 17.5 Å². The lowest BCUT2D eigenvalue weighted by atomic mass is 9.94. The maximum atomic E-state index is 12.7. The van der Waals surface area contributed by atoms with Crippen molar-refractivity contribution in [3.63, 3.8) is 0 Å². The first-order valence-electron chi connectivity index (χ1n) is 8.94. The van der Waals surface area contributed by atoms with Crippen molar-refractivity contribution in [2.45, 2.75) is 18.8 Å². The number of rotatable bonds is 3. The third-order valence-electron chi connectivity index (χ3n) is 4.91. The predicted octanol–water partition coefficient (Wildman–Crippen LogP) is 1.50. The average Bonchev–Trinajstić information content (AvgIpc) is 3.17. The van der Waals surface area contributed by atoms with E-state index in [1.54, 1.807) is 36.1 Å². The van der Waals surface area contributed by atoms with Crippen LogP contribution in [0.25, 0.3) is 5.65 Å². The molecule has 0 radical (unpaired) electrons. The molecule has 3 aromatic heterocycles. The van der Waals surface area contributed by atoms with E-state index in [4.69, 9.17) is 0 Å². The Hall–Kier alpha value is -3.29. The Morgan fingerprint density at radius 3 is 2.85 bits per heavy atom. The molecule has 0 aromatic carbocycles. The van der Waals surface area contributed by atoms with Crippen LogP contribution < -0.4 is 5.32 Å². The van der Waals surface area contributed by atoms with Gasteiger partial charge in [-0.05, 0) is 31.0 Å². The van der Waals surface area contributed by atoms with E-state index < -0.39 is 0 Å². The summed E-state index contributed by atoms with van der Waals surface area (Å²) in [5.41, 5.74) is 2.38. The number of nitrogens with zero attached hydrogens (tertiary/aromatic N) is 5. The number of carbonyl (C=O) groups excluding carboxylic acids is 2. The lowest BCUT2D eigenvalue weighted by molar-refractivity contribution is 0.0699. The second-order valence-corrected chi connectivity index (χ2v) is 6.55. The third-order valence-corrected chi connectivity index (χ3v) is 4.91. The molecule has 0 unspecified atom stereocenters. The molecule has 3 aromatic rings. The van der Waals surface area contributed by atoms with Crippen LogP contribution in [0.2, 0.25) is 0 Å². The zero-order valence-electron chi connectivity index (χ0n) is 15.0. The van der Waals surface area contributed by atoms with Gasteiger partial charge in [-0.3, -0.25) is 14.6 Å². The standard InChI is InChI=1S/C19H20N6O2/c1-20-18(26)14-11-23-25-16(7-9-22-17(14)25)13-5-4-10-24(12-13)19(27)15-6-2-3-8-21-15/h2-3,6-9,11,13H,4-5,10,12H2,1H3,(H,20,26)/t13-/m1/s1. The van der Waals surface area contributed by atoms with Crippen LogP contribution in [-0.4, -0.2) is 56.4 Å². The summed E-state index contributed by atoms with van der Waals surface area (Å²) in [6.45, 7) is 1.30. The van der Waals surface area contributed by atoms with Crippen LogP contribution in [-0.2, 0) is 0 Å². The monoisotopic (exact) mass is 364 g/mol. The van der Waals surface area contributed by atoms with Gasteiger partial charge < -0.3 is 10.2 Å². The maximum absolute atomic E-state index is 12.7. The largest absolute Gasteiger partial charge is 0.355 e. The van der Waals surface area contributed by atoms with E-state index in [0.717, 1.165) is 18.5 Å². The van der Waals surface area contributed by atoms with Gasteiger partial charge in [-0.15, -0.1) is 0 Å². The highest BCUT2D eigenvalue weighted by molar-refractivity contribution is 5.99. The normalized spacial score (nSPS) is 17.1. The molecule has 0 saturated carbocycles. The number of nitrogens with one attached hydrogen (secondary N) is 1. The number of fused-ring (bicyclic) bond motifs is 1. The Bertz CT molecular complexity index is 984. The minimum absolute atomic E-state index is 0.0582. The predicted molar refractivity (Wildman–Crippen MR) is 98.5 cm³/mol. The van der Waals surface area contributed by atoms with Gasteiger partial charge in [0.05, 0.1) is 11.9 Å². The van der Waals surface area contributed by atoms with Crippen LogP contribution in [0.5, 0.6) is 0 Å². The van der Waals surface area contributed by atoms with Gasteiger partial charge in [0.25, 0.3) is 11.8 Å². The average molecular weight is 364 g/mol. The van der Waals surface area contributed by atoms with Gasteiger partial charge in [0.1, 0.15) is 11.3 Å². The zero-order valence-corrected chi connectivity index (χ0v) is 15.0. The van der Waals surface area contributed by atoms with Crippen molar-refractivity contribution in [2.75, 3.05) is 20.1 Å². The van der Waals surface area contributed by atoms with E-state index >= 15 is 0 Å². The van der Waals surface area contributed by atoms with Crippen molar-refractivity contribution in [2.24, 2.45) is 0 Å². The van der Waals surface area contributed by atoms with Crippen LogP contribution in [0.3, 0.4) is 0 Å². The minimum atomic E-state index is -0.217. The quantitative estimate of drug-likeness (QED) is 0.760. The van der Waals surface area contributed by atoms with Gasteiger partial charge in [0, 0.05) is 38.4 Å². The molecule has 4 rings (SSSR count). The molecule has 4 heterocycles. The van der Waals surface area contributed by atoms with Gasteiger partial charge in [-0.1, -0.05) is 6.07 Å². The lowest BCUT2D eigenvalue weighted by Crippen LogP contribution is -2.39. The number of hydrogen-bond donors (Lipinski definition) is 1. The molecule has 1 atom stereocenters. The van der Waals surface area contributed by atoms with E-state index in [9.17, 15) is 9.59 Å². The molecule has 0 aliphatic carbocycles. The molecule has 0 bridgehead atoms. The lowest BCUT2D eigenvalue weighted by Gasteiger charge is -2.32. The summed E-state index contributed by atoms with van der Waals surface area (Å²) in [4.78, 5) is 35.1. The first-order valence-corrected chi connectivity index (χ1v) is 8.94. The van der Waals surface area contributed by atoms with Crippen LogP contribution in [0.4, 0.5) is 0 Å². The van der Waals surface area contributed by atoms with Crippen LogP contribution in [0.15, 0.2) is 42.9 Å². The minimum Gasteiger partial charge on any atom is -0.355 e. The number of carbonyl (C=O) groups is 2. The fraction of sp³-hybridized carbons (Fsp3) is 0.316. The van der Waals surface area contributed by atoms with Crippen molar-refractivity contribution in [3.8, 4) is 0 Å². The van der Waals surface area contributed by atoms with Gasteiger partial charge in [-0.25, -0.2) is 9.50 Å². The Morgan fingerprint density at radius 2 is 2.07 bits per heavy atom. The molecule has 138 valence electrons. The molecule has 1 fully saturated rings. The summed E-state index contributed by atoms with van der Waals surface area (Å²) in [6, 6.07) is 7.26. The number of amides is 2. The number of pyridine rings is 1. The molecule has 1 aliphatic rings. The Balaban J connectivity index is 1.63. The van der Waals surface area contributed by atoms with Crippen LogP contribution in [0, 0.1) is 0 Å². The Labute approximate surface area is 156 Å². The van der Waals surface area contributed by atoms with E-state index in [-0.39, 0.29) is 17.7 Å². The molecule has 27 heavy (non-hydrogen) atoms. The van der Waals surface area contributed by atoms with E-state index in [2.05, 4.69) is 20.4 Å². The summed E-state index contributed by atoms with van der Waals surface area (Å²) in [6.07, 6.45) is 6.70.